The Kier molecular flexibility index (Phi) is 16.5. The van der Waals surface area contributed by atoms with Crippen LogP contribution in [0, 0.1) is 0 Å². The maximum absolute atomic E-state index is 11.9. The van der Waals surface area contributed by atoms with E-state index in [0.29, 0.717) is 18.6 Å². The summed E-state index contributed by atoms with van der Waals surface area (Å²) in [6.45, 7) is 2.38. The van der Waals surface area contributed by atoms with E-state index in [1.54, 1.807) is 6.07 Å². The highest BCUT2D eigenvalue weighted by Crippen LogP contribution is 2.16. The third-order valence-corrected chi connectivity index (χ3v) is 5.52. The lowest BCUT2D eigenvalue weighted by atomic mass is 10.0. The molecule has 0 heterocycles. The lowest BCUT2D eigenvalue weighted by Gasteiger charge is -2.06. The van der Waals surface area contributed by atoms with Gasteiger partial charge in [0.25, 0.3) is 0 Å². The first-order valence-electron chi connectivity index (χ1n) is 12.2. The van der Waals surface area contributed by atoms with Crippen molar-refractivity contribution in [3.8, 4) is 5.75 Å². The molecule has 0 radical (unpaired) electrons. The van der Waals surface area contributed by atoms with Gasteiger partial charge in [-0.1, -0.05) is 109 Å². The van der Waals surface area contributed by atoms with Crippen molar-refractivity contribution in [3.63, 3.8) is 0 Å². The zero-order valence-electron chi connectivity index (χ0n) is 18.8. The van der Waals surface area contributed by atoms with Gasteiger partial charge in [-0.3, -0.25) is 4.79 Å². The minimum Gasteiger partial charge on any atom is -0.427 e. The van der Waals surface area contributed by atoms with Crippen LogP contribution in [0.3, 0.4) is 0 Å². The number of esters is 1. The van der Waals surface area contributed by atoms with E-state index < -0.39 is 0 Å². The van der Waals surface area contributed by atoms with Gasteiger partial charge in [-0.05, 0) is 30.5 Å². The van der Waals surface area contributed by atoms with Crippen LogP contribution in [0.4, 0.5) is 0 Å². The second-order valence-corrected chi connectivity index (χ2v) is 8.29. The molecule has 1 N–H and O–H groups in total. The summed E-state index contributed by atoms with van der Waals surface area (Å²) in [5, 5.41) is 8.99. The standard InChI is InChI=1S/C26H44O3/c1-2-3-4-5-6-7-8-9-10-11-12-13-14-15-16-20-26(28)29-25-19-17-18-24(23-25)21-22-27/h17-19,23,27H,2-16,20-22H2,1H3. The Balaban J connectivity index is 1.88. The molecule has 0 amide bonds. The normalized spacial score (nSPS) is 11.0. The van der Waals surface area contributed by atoms with Gasteiger partial charge < -0.3 is 9.84 Å². The number of benzene rings is 1. The SMILES string of the molecule is CCCCCCCCCCCCCCCCCC(=O)Oc1cccc(CCO)c1. The van der Waals surface area contributed by atoms with E-state index in [4.69, 9.17) is 9.84 Å². The summed E-state index contributed by atoms with van der Waals surface area (Å²) in [5.74, 6) is 0.433. The van der Waals surface area contributed by atoms with Crippen LogP contribution in [-0.4, -0.2) is 17.7 Å². The van der Waals surface area contributed by atoms with E-state index in [1.165, 1.54) is 83.5 Å². The van der Waals surface area contributed by atoms with E-state index in [9.17, 15) is 4.79 Å². The number of hydrogen-bond acceptors (Lipinski definition) is 3. The highest BCUT2D eigenvalue weighted by molar-refractivity contribution is 5.72. The molecule has 0 spiro atoms. The average molecular weight is 405 g/mol. The lowest BCUT2D eigenvalue weighted by molar-refractivity contribution is -0.134. The van der Waals surface area contributed by atoms with Crippen LogP contribution in [0.25, 0.3) is 0 Å². The summed E-state index contributed by atoms with van der Waals surface area (Å²) in [5.41, 5.74) is 0.991. The molecule has 0 aromatic heterocycles. The quantitative estimate of drug-likeness (QED) is 0.148. The van der Waals surface area contributed by atoms with Crippen molar-refractivity contribution in [3.05, 3.63) is 29.8 Å². The van der Waals surface area contributed by atoms with Gasteiger partial charge in [0.05, 0.1) is 0 Å². The van der Waals surface area contributed by atoms with Crippen LogP contribution in [0.1, 0.15) is 115 Å². The van der Waals surface area contributed by atoms with Gasteiger partial charge in [0.1, 0.15) is 5.75 Å². The largest absolute Gasteiger partial charge is 0.427 e. The third kappa shape index (κ3) is 15.2. The molecule has 0 bridgehead atoms. The maximum Gasteiger partial charge on any atom is 0.311 e. The van der Waals surface area contributed by atoms with Gasteiger partial charge in [-0.2, -0.15) is 0 Å². The molecule has 0 aliphatic carbocycles. The Morgan fingerprint density at radius 2 is 1.31 bits per heavy atom. The predicted octanol–water partition coefficient (Wildman–Crippen LogP) is 7.39. The first-order valence-corrected chi connectivity index (χ1v) is 12.2. The number of ether oxygens (including phenoxy) is 1. The van der Waals surface area contributed by atoms with Gasteiger partial charge in [0.15, 0.2) is 0 Å². The van der Waals surface area contributed by atoms with Crippen molar-refractivity contribution in [2.45, 2.75) is 116 Å². The van der Waals surface area contributed by atoms with Crippen molar-refractivity contribution in [1.29, 1.82) is 0 Å². The summed E-state index contributed by atoms with van der Waals surface area (Å²) in [4.78, 5) is 11.9. The molecule has 0 saturated heterocycles. The Labute approximate surface area is 179 Å². The Morgan fingerprint density at radius 3 is 1.83 bits per heavy atom. The van der Waals surface area contributed by atoms with Gasteiger partial charge >= 0.3 is 5.97 Å². The highest BCUT2D eigenvalue weighted by Gasteiger charge is 2.05. The van der Waals surface area contributed by atoms with Gasteiger partial charge in [-0.15, -0.1) is 0 Å². The molecule has 166 valence electrons. The fourth-order valence-electron chi connectivity index (χ4n) is 3.72. The molecule has 1 aromatic rings. The summed E-state index contributed by atoms with van der Waals surface area (Å²) in [6, 6.07) is 7.43. The van der Waals surface area contributed by atoms with Gasteiger partial charge in [0.2, 0.25) is 0 Å². The zero-order valence-corrected chi connectivity index (χ0v) is 18.8. The molecule has 0 aliphatic rings. The highest BCUT2D eigenvalue weighted by atomic mass is 16.5. The Morgan fingerprint density at radius 1 is 0.793 bits per heavy atom. The van der Waals surface area contributed by atoms with Crippen LogP contribution in [0.5, 0.6) is 5.75 Å². The summed E-state index contributed by atoms with van der Waals surface area (Å²) < 4.78 is 5.40. The van der Waals surface area contributed by atoms with Crippen molar-refractivity contribution in [2.75, 3.05) is 6.61 Å². The Bertz CT molecular complexity index is 512. The number of carbonyl (C=O) groups excluding carboxylic acids is 1. The number of aliphatic hydroxyl groups is 1. The number of hydrogen-bond donors (Lipinski definition) is 1. The van der Waals surface area contributed by atoms with Crippen molar-refractivity contribution in [1.82, 2.24) is 0 Å². The number of aliphatic hydroxyl groups excluding tert-OH is 1. The molecule has 1 aromatic carbocycles. The number of carbonyl (C=O) groups is 1. The fraction of sp³-hybridized carbons (Fsp3) is 0.731. The molecule has 29 heavy (non-hydrogen) atoms. The second-order valence-electron chi connectivity index (χ2n) is 8.29. The van der Waals surface area contributed by atoms with Crippen molar-refractivity contribution in [2.24, 2.45) is 0 Å². The lowest BCUT2D eigenvalue weighted by Crippen LogP contribution is -2.07. The second kappa shape index (κ2) is 18.7. The van der Waals surface area contributed by atoms with Crippen LogP contribution in [-0.2, 0) is 11.2 Å². The molecular weight excluding hydrogens is 360 g/mol. The van der Waals surface area contributed by atoms with Crippen LogP contribution >= 0.6 is 0 Å². The molecule has 0 unspecified atom stereocenters. The van der Waals surface area contributed by atoms with Crippen molar-refractivity contribution >= 4 is 5.97 Å². The van der Waals surface area contributed by atoms with Crippen LogP contribution in [0.2, 0.25) is 0 Å². The summed E-state index contributed by atoms with van der Waals surface area (Å²) in [6.07, 6.45) is 20.9. The minimum absolute atomic E-state index is 0.108. The van der Waals surface area contributed by atoms with E-state index in [1.807, 2.05) is 18.2 Å². The third-order valence-electron chi connectivity index (χ3n) is 5.52. The number of unbranched alkanes of at least 4 members (excludes halogenated alkanes) is 14. The first kappa shape index (κ1) is 25.7. The molecule has 3 heteroatoms. The molecule has 0 saturated carbocycles. The van der Waals surface area contributed by atoms with Gasteiger partial charge in [0, 0.05) is 13.0 Å². The summed E-state index contributed by atoms with van der Waals surface area (Å²) in [7, 11) is 0. The molecule has 1 rings (SSSR count). The molecular formula is C26H44O3. The topological polar surface area (TPSA) is 46.5 Å². The minimum atomic E-state index is -0.152. The van der Waals surface area contributed by atoms with E-state index in [2.05, 4.69) is 6.92 Å². The molecule has 0 atom stereocenters. The predicted molar refractivity (Wildman–Crippen MR) is 122 cm³/mol. The molecule has 3 nitrogen and oxygen atoms in total. The monoisotopic (exact) mass is 404 g/mol. The van der Waals surface area contributed by atoms with Crippen LogP contribution in [0.15, 0.2) is 24.3 Å². The maximum atomic E-state index is 11.9. The first-order chi connectivity index (χ1) is 14.3. The van der Waals surface area contributed by atoms with Crippen molar-refractivity contribution < 1.29 is 14.6 Å². The zero-order chi connectivity index (χ0) is 21.0. The fourth-order valence-corrected chi connectivity index (χ4v) is 3.72. The van der Waals surface area contributed by atoms with E-state index in [-0.39, 0.29) is 12.6 Å². The average Bonchev–Trinajstić information content (AvgIpc) is 2.71. The molecule has 0 aliphatic heterocycles. The Hall–Kier alpha value is -1.35. The van der Waals surface area contributed by atoms with Gasteiger partial charge in [-0.25, -0.2) is 0 Å². The van der Waals surface area contributed by atoms with E-state index in [0.717, 1.165) is 18.4 Å². The smallest absolute Gasteiger partial charge is 0.311 e. The van der Waals surface area contributed by atoms with Crippen LogP contribution < -0.4 is 4.74 Å². The summed E-state index contributed by atoms with van der Waals surface area (Å²) >= 11 is 0. The number of rotatable bonds is 19. The van der Waals surface area contributed by atoms with E-state index >= 15 is 0 Å². The molecule has 0 fully saturated rings.